The third-order valence-corrected chi connectivity index (χ3v) is 2.61. The molecule has 7 nitrogen and oxygen atoms in total. The van der Waals surface area contributed by atoms with Gasteiger partial charge in [0.15, 0.2) is 0 Å². The quantitative estimate of drug-likeness (QED) is 0.335. The number of carbonyl (C=O) groups excluding carboxylic acids is 1. The number of hydrogen-bond acceptors (Lipinski definition) is 6. The largest absolute Gasteiger partial charge is 1.00 e. The van der Waals surface area contributed by atoms with Gasteiger partial charge in [0.05, 0.1) is 22.5 Å². The molecule has 4 N–H and O–H groups in total. The van der Waals surface area contributed by atoms with Crippen LogP contribution in [0.2, 0.25) is 0 Å². The van der Waals surface area contributed by atoms with E-state index >= 15 is 0 Å². The summed E-state index contributed by atoms with van der Waals surface area (Å²) >= 11 is 0. The van der Waals surface area contributed by atoms with E-state index in [4.69, 9.17) is 10.8 Å². The van der Waals surface area contributed by atoms with Gasteiger partial charge in [-0.15, -0.1) is 0 Å². The van der Waals surface area contributed by atoms with Crippen LogP contribution >= 0.6 is 0 Å². The molecule has 0 unspecified atom stereocenters. The maximum atomic E-state index is 11.2. The van der Waals surface area contributed by atoms with Crippen molar-refractivity contribution in [2.75, 3.05) is 12.4 Å². The molecule has 0 aliphatic heterocycles. The molecule has 1 atom stereocenters. The number of aliphatic hydroxyl groups is 1. The first-order valence-corrected chi connectivity index (χ1v) is 5.77. The van der Waals surface area contributed by atoms with E-state index in [2.05, 4.69) is 5.32 Å². The molecule has 9 heteroatoms. The average molecular weight is 262 g/mol. The molecule has 0 spiro atoms. The van der Waals surface area contributed by atoms with E-state index in [0.717, 1.165) is 0 Å². The second-order valence-corrected chi connectivity index (χ2v) is 5.27. The third-order valence-electron chi connectivity index (χ3n) is 1.53. The van der Waals surface area contributed by atoms with E-state index in [1.54, 1.807) is 0 Å². The summed E-state index contributed by atoms with van der Waals surface area (Å²) in [7, 11) is -4.43. The molecule has 0 aliphatic rings. The van der Waals surface area contributed by atoms with Crippen LogP contribution in [0, 0.1) is 0 Å². The van der Waals surface area contributed by atoms with Crippen molar-refractivity contribution in [1.82, 2.24) is 5.32 Å². The molecule has 0 aliphatic carbocycles. The van der Waals surface area contributed by atoms with Gasteiger partial charge in [-0.25, -0.2) is 8.42 Å². The molecule has 0 rings (SSSR count). The van der Waals surface area contributed by atoms with Gasteiger partial charge in [-0.2, -0.15) is 0 Å². The van der Waals surface area contributed by atoms with Crippen molar-refractivity contribution < 1.29 is 52.4 Å². The Hall–Kier alpha value is 0.300. The molecule has 0 aromatic heterocycles. The Morgan fingerprint density at radius 3 is 2.31 bits per heavy atom. The SMILES string of the molecule is CC(C)(CS(=O)(=O)[O-])NC(=O)[C@@H](N)CO.[Na+]. The van der Waals surface area contributed by atoms with Crippen molar-refractivity contribution in [2.45, 2.75) is 25.4 Å². The van der Waals surface area contributed by atoms with Crippen molar-refractivity contribution in [1.29, 1.82) is 0 Å². The topological polar surface area (TPSA) is 133 Å². The van der Waals surface area contributed by atoms with Crippen LogP contribution in [0.25, 0.3) is 0 Å². The number of nitrogens with one attached hydrogen (secondary N) is 1. The zero-order valence-corrected chi connectivity index (χ0v) is 12.4. The molecule has 90 valence electrons. The Bertz CT molecular complexity index is 330. The van der Waals surface area contributed by atoms with Gasteiger partial charge in [-0.3, -0.25) is 4.79 Å². The van der Waals surface area contributed by atoms with Crippen molar-refractivity contribution >= 4 is 16.0 Å². The van der Waals surface area contributed by atoms with Crippen LogP contribution in [0.1, 0.15) is 13.8 Å². The van der Waals surface area contributed by atoms with Gasteiger partial charge in [0.25, 0.3) is 0 Å². The molecule has 0 bridgehead atoms. The number of amides is 1. The van der Waals surface area contributed by atoms with E-state index < -0.39 is 40.0 Å². The molecule has 0 aromatic rings. The monoisotopic (exact) mass is 262 g/mol. The molecule has 0 saturated carbocycles. The molecular weight excluding hydrogens is 247 g/mol. The Labute approximate surface area is 117 Å². The maximum absolute atomic E-state index is 11.2. The van der Waals surface area contributed by atoms with Crippen LogP contribution in [0.4, 0.5) is 0 Å². The van der Waals surface area contributed by atoms with Crippen LogP contribution in [-0.4, -0.2) is 47.9 Å². The summed E-state index contributed by atoms with van der Waals surface area (Å²) in [6.07, 6.45) is 0. The Morgan fingerprint density at radius 1 is 1.56 bits per heavy atom. The second-order valence-electron chi connectivity index (χ2n) is 3.86. The summed E-state index contributed by atoms with van der Waals surface area (Å²) in [6, 6.07) is -1.13. The first-order chi connectivity index (χ1) is 6.57. The fourth-order valence-electron chi connectivity index (χ4n) is 0.987. The van der Waals surface area contributed by atoms with Crippen molar-refractivity contribution in [3.63, 3.8) is 0 Å². The van der Waals surface area contributed by atoms with Gasteiger partial charge in [0.2, 0.25) is 5.91 Å². The van der Waals surface area contributed by atoms with Gasteiger partial charge >= 0.3 is 29.6 Å². The number of nitrogens with two attached hydrogens (primary N) is 1. The summed E-state index contributed by atoms with van der Waals surface area (Å²) in [6.45, 7) is 2.21. The van der Waals surface area contributed by atoms with E-state index in [0.29, 0.717) is 0 Å². The predicted octanol–water partition coefficient (Wildman–Crippen LogP) is -5.25. The summed E-state index contributed by atoms with van der Waals surface area (Å²) < 4.78 is 31.4. The summed E-state index contributed by atoms with van der Waals surface area (Å²) in [5.74, 6) is -1.43. The zero-order chi connectivity index (χ0) is 12.3. The second kappa shape index (κ2) is 6.90. The number of aliphatic hydroxyl groups excluding tert-OH is 1. The van der Waals surface area contributed by atoms with Crippen LogP contribution in [0.5, 0.6) is 0 Å². The van der Waals surface area contributed by atoms with Gasteiger partial charge in [-0.05, 0) is 13.8 Å². The third kappa shape index (κ3) is 8.45. The van der Waals surface area contributed by atoms with Crippen molar-refractivity contribution in [3.8, 4) is 0 Å². The number of hydrogen-bond donors (Lipinski definition) is 3. The fourth-order valence-corrected chi connectivity index (χ4v) is 1.94. The fraction of sp³-hybridized carbons (Fsp3) is 0.857. The van der Waals surface area contributed by atoms with Gasteiger partial charge in [0.1, 0.15) is 6.04 Å². The molecule has 16 heavy (non-hydrogen) atoms. The predicted molar refractivity (Wildman–Crippen MR) is 51.8 cm³/mol. The summed E-state index contributed by atoms with van der Waals surface area (Å²) in [5, 5.41) is 10.8. The van der Waals surface area contributed by atoms with Crippen LogP contribution < -0.4 is 40.6 Å². The van der Waals surface area contributed by atoms with Crippen molar-refractivity contribution in [2.24, 2.45) is 5.73 Å². The molecule has 0 heterocycles. The van der Waals surface area contributed by atoms with Crippen LogP contribution in [0.15, 0.2) is 0 Å². The first kappa shape index (κ1) is 18.7. The van der Waals surface area contributed by atoms with E-state index in [1.807, 2.05) is 0 Å². The normalized spacial score (nSPS) is 13.8. The number of carbonyl (C=O) groups is 1. The van der Waals surface area contributed by atoms with Gasteiger partial charge in [0, 0.05) is 5.54 Å². The number of rotatable bonds is 5. The standard InChI is InChI=1S/C7H16N2O5S.Na/c1-7(2,4-15(12,13)14)9-6(11)5(8)3-10;/h5,10H,3-4,8H2,1-2H3,(H,9,11)(H,12,13,14);/q;+1/p-1/t5-;/m0./s1. The van der Waals surface area contributed by atoms with E-state index in [9.17, 15) is 17.8 Å². The average Bonchev–Trinajstić information content (AvgIpc) is 1.96. The van der Waals surface area contributed by atoms with Crippen LogP contribution in [0.3, 0.4) is 0 Å². The first-order valence-electron chi connectivity index (χ1n) is 4.19. The zero-order valence-electron chi connectivity index (χ0n) is 9.56. The van der Waals surface area contributed by atoms with E-state index in [1.165, 1.54) is 13.8 Å². The summed E-state index contributed by atoms with van der Waals surface area (Å²) in [5.41, 5.74) is 3.99. The van der Waals surface area contributed by atoms with Crippen molar-refractivity contribution in [3.05, 3.63) is 0 Å². The molecular formula is C7H15N2NaO5S. The van der Waals surface area contributed by atoms with E-state index in [-0.39, 0.29) is 29.6 Å². The van der Waals surface area contributed by atoms with Gasteiger partial charge < -0.3 is 20.7 Å². The molecule has 0 saturated heterocycles. The minimum atomic E-state index is -4.43. The summed E-state index contributed by atoms with van der Waals surface area (Å²) in [4.78, 5) is 11.2. The Balaban J connectivity index is 0. The molecule has 0 aromatic carbocycles. The van der Waals surface area contributed by atoms with Gasteiger partial charge in [-0.1, -0.05) is 0 Å². The Morgan fingerprint density at radius 2 is 2.00 bits per heavy atom. The molecule has 1 amide bonds. The molecule has 0 radical (unpaired) electrons. The smallest absolute Gasteiger partial charge is 0.748 e. The Kier molecular flexibility index (Phi) is 8.04. The van der Waals surface area contributed by atoms with Crippen LogP contribution in [-0.2, 0) is 14.9 Å². The molecule has 0 fully saturated rings. The maximum Gasteiger partial charge on any atom is 1.00 e. The minimum absolute atomic E-state index is 0. The minimum Gasteiger partial charge on any atom is -0.748 e.